The molecule has 0 spiro atoms. The van der Waals surface area contributed by atoms with Crippen molar-refractivity contribution in [3.05, 3.63) is 34.1 Å². The van der Waals surface area contributed by atoms with Crippen molar-refractivity contribution in [3.8, 4) is 0 Å². The molecule has 0 radical (unpaired) electrons. The largest absolute Gasteiger partial charge is 0.351 e. The summed E-state index contributed by atoms with van der Waals surface area (Å²) >= 11 is 4.84. The Morgan fingerprint density at radius 1 is 1.59 bits per heavy atom. The van der Waals surface area contributed by atoms with Crippen LogP contribution in [-0.4, -0.2) is 23.5 Å². The van der Waals surface area contributed by atoms with Crippen molar-refractivity contribution in [2.75, 3.05) is 12.8 Å². The van der Waals surface area contributed by atoms with Gasteiger partial charge in [-0.2, -0.15) is 11.8 Å². The quantitative estimate of drug-likeness (QED) is 0.923. The van der Waals surface area contributed by atoms with Crippen LogP contribution in [0.1, 0.15) is 23.2 Å². The molecule has 0 atom stereocenters. The Bertz CT molecular complexity index is 448. The Kier molecular flexibility index (Phi) is 3.78. The molecule has 1 N–H and O–H groups in total. The molecule has 2 nitrogen and oxygen atoms in total. The Balaban J connectivity index is 2.02. The summed E-state index contributed by atoms with van der Waals surface area (Å²) in [4.78, 5) is 11.8. The lowest BCUT2D eigenvalue weighted by molar-refractivity contribution is 0.0949. The second kappa shape index (κ2) is 4.98. The van der Waals surface area contributed by atoms with Gasteiger partial charge in [0, 0.05) is 11.3 Å². The summed E-state index contributed by atoms with van der Waals surface area (Å²) in [5, 5.41) is 2.80. The second-order valence-electron chi connectivity index (χ2n) is 4.17. The Morgan fingerprint density at radius 3 is 2.88 bits per heavy atom. The van der Waals surface area contributed by atoms with Crippen LogP contribution in [0.4, 0.5) is 4.39 Å². The zero-order valence-electron chi connectivity index (χ0n) is 9.43. The van der Waals surface area contributed by atoms with Crippen molar-refractivity contribution in [3.63, 3.8) is 0 Å². The maximum atomic E-state index is 13.7. The van der Waals surface area contributed by atoms with Crippen LogP contribution in [0.3, 0.4) is 0 Å². The van der Waals surface area contributed by atoms with E-state index in [1.165, 1.54) is 6.07 Å². The van der Waals surface area contributed by atoms with Gasteiger partial charge in [-0.25, -0.2) is 4.39 Å². The summed E-state index contributed by atoms with van der Waals surface area (Å²) in [6.45, 7) is 0.610. The van der Waals surface area contributed by atoms with Gasteiger partial charge in [-0.15, -0.1) is 0 Å². The highest BCUT2D eigenvalue weighted by molar-refractivity contribution is 9.10. The number of amides is 1. The fraction of sp³-hybridized carbons (Fsp3) is 0.417. The van der Waals surface area contributed by atoms with Crippen molar-refractivity contribution >= 4 is 33.6 Å². The van der Waals surface area contributed by atoms with E-state index in [1.54, 1.807) is 23.9 Å². The third-order valence-electron chi connectivity index (χ3n) is 3.01. The summed E-state index contributed by atoms with van der Waals surface area (Å²) in [5.74, 6) is -0.844. The molecule has 1 fully saturated rings. The minimum Gasteiger partial charge on any atom is -0.351 e. The van der Waals surface area contributed by atoms with E-state index in [9.17, 15) is 9.18 Å². The first-order chi connectivity index (χ1) is 8.08. The maximum absolute atomic E-state index is 13.7. The van der Waals surface area contributed by atoms with Crippen LogP contribution < -0.4 is 5.32 Å². The molecule has 1 aromatic rings. The van der Waals surface area contributed by atoms with E-state index in [-0.39, 0.29) is 16.2 Å². The van der Waals surface area contributed by atoms with E-state index in [4.69, 9.17) is 0 Å². The number of rotatable bonds is 4. The Hall–Kier alpha value is -0.550. The average Bonchev–Trinajstić information content (AvgIpc) is 3.10. The molecule has 0 bridgehead atoms. The normalized spacial score (nSPS) is 16.6. The zero-order valence-corrected chi connectivity index (χ0v) is 11.8. The molecule has 0 aliphatic heterocycles. The van der Waals surface area contributed by atoms with E-state index in [0.29, 0.717) is 11.0 Å². The molecule has 92 valence electrons. The fourth-order valence-corrected chi connectivity index (χ4v) is 2.70. The van der Waals surface area contributed by atoms with Crippen molar-refractivity contribution in [1.29, 1.82) is 0 Å². The van der Waals surface area contributed by atoms with Crippen molar-refractivity contribution < 1.29 is 9.18 Å². The number of hydrogen-bond acceptors (Lipinski definition) is 2. The van der Waals surface area contributed by atoms with Crippen LogP contribution in [0.5, 0.6) is 0 Å². The van der Waals surface area contributed by atoms with Crippen LogP contribution in [-0.2, 0) is 0 Å². The molecule has 0 unspecified atom stereocenters. The number of carbonyl (C=O) groups is 1. The van der Waals surface area contributed by atoms with E-state index < -0.39 is 5.82 Å². The summed E-state index contributed by atoms with van der Waals surface area (Å²) in [5.41, 5.74) is 0.0938. The first-order valence-electron chi connectivity index (χ1n) is 5.35. The highest BCUT2D eigenvalue weighted by atomic mass is 79.9. The van der Waals surface area contributed by atoms with Gasteiger partial charge in [0.25, 0.3) is 5.91 Å². The highest BCUT2D eigenvalue weighted by Crippen LogP contribution is 2.46. The molecular weight excluding hydrogens is 305 g/mol. The van der Waals surface area contributed by atoms with E-state index in [1.807, 2.05) is 6.26 Å². The van der Waals surface area contributed by atoms with Gasteiger partial charge in [0.1, 0.15) is 5.82 Å². The molecule has 1 saturated carbocycles. The van der Waals surface area contributed by atoms with Crippen LogP contribution in [0.25, 0.3) is 0 Å². The number of halogens is 2. The van der Waals surface area contributed by atoms with Crippen LogP contribution in [0.15, 0.2) is 22.7 Å². The molecule has 1 aromatic carbocycles. The summed E-state index contributed by atoms with van der Waals surface area (Å²) in [6, 6.07) is 4.73. The smallest absolute Gasteiger partial charge is 0.254 e. The Morgan fingerprint density at radius 2 is 2.29 bits per heavy atom. The molecule has 2 rings (SSSR count). The van der Waals surface area contributed by atoms with E-state index in [2.05, 4.69) is 21.2 Å². The molecule has 0 aromatic heterocycles. The number of carbonyl (C=O) groups excluding carboxylic acids is 1. The molecule has 17 heavy (non-hydrogen) atoms. The minimum atomic E-state index is -0.501. The highest BCUT2D eigenvalue weighted by Gasteiger charge is 2.42. The third-order valence-corrected chi connectivity index (χ3v) is 5.04. The summed E-state index contributed by atoms with van der Waals surface area (Å²) in [7, 11) is 0. The van der Waals surface area contributed by atoms with Gasteiger partial charge in [0.2, 0.25) is 0 Å². The maximum Gasteiger partial charge on any atom is 0.254 e. The standard InChI is InChI=1S/C12H13BrFNOS/c1-17-12(5-6-12)7-15-11(16)8-3-2-4-9(13)10(8)14/h2-4H,5-7H2,1H3,(H,15,16). The van der Waals surface area contributed by atoms with Crippen molar-refractivity contribution in [2.45, 2.75) is 17.6 Å². The fourth-order valence-electron chi connectivity index (χ4n) is 1.61. The molecular formula is C12H13BrFNOS. The molecule has 1 aliphatic carbocycles. The monoisotopic (exact) mass is 317 g/mol. The number of benzene rings is 1. The summed E-state index contributed by atoms with van der Waals surface area (Å²) in [6.07, 6.45) is 4.28. The SMILES string of the molecule is CSC1(CNC(=O)c2cccc(Br)c2F)CC1. The summed E-state index contributed by atoms with van der Waals surface area (Å²) < 4.78 is 14.2. The molecule has 1 aliphatic rings. The van der Waals surface area contributed by atoms with Crippen molar-refractivity contribution in [1.82, 2.24) is 5.32 Å². The topological polar surface area (TPSA) is 29.1 Å². The predicted octanol–water partition coefficient (Wildman–Crippen LogP) is 3.21. The van der Waals surface area contributed by atoms with Crippen LogP contribution in [0.2, 0.25) is 0 Å². The second-order valence-corrected chi connectivity index (χ2v) is 6.30. The molecule has 0 saturated heterocycles. The predicted molar refractivity (Wildman–Crippen MR) is 71.9 cm³/mol. The van der Waals surface area contributed by atoms with Gasteiger partial charge in [-0.05, 0) is 47.2 Å². The average molecular weight is 318 g/mol. The van der Waals surface area contributed by atoms with Gasteiger partial charge >= 0.3 is 0 Å². The van der Waals surface area contributed by atoms with Gasteiger partial charge in [0.05, 0.1) is 10.0 Å². The van der Waals surface area contributed by atoms with E-state index in [0.717, 1.165) is 12.8 Å². The molecule has 1 amide bonds. The number of hydrogen-bond donors (Lipinski definition) is 1. The van der Waals surface area contributed by atoms with Gasteiger partial charge in [-0.3, -0.25) is 4.79 Å². The zero-order chi connectivity index (χ0) is 12.5. The lowest BCUT2D eigenvalue weighted by atomic mass is 10.2. The van der Waals surface area contributed by atoms with Gasteiger partial charge < -0.3 is 5.32 Å². The first kappa shape index (κ1) is 12.9. The molecule has 0 heterocycles. The first-order valence-corrected chi connectivity index (χ1v) is 7.37. The lowest BCUT2D eigenvalue weighted by Crippen LogP contribution is -2.32. The number of thioether (sulfide) groups is 1. The third kappa shape index (κ3) is 2.83. The minimum absolute atomic E-state index is 0.0938. The number of nitrogens with one attached hydrogen (secondary N) is 1. The molecule has 5 heteroatoms. The van der Waals surface area contributed by atoms with Gasteiger partial charge in [-0.1, -0.05) is 6.07 Å². The van der Waals surface area contributed by atoms with Crippen molar-refractivity contribution in [2.24, 2.45) is 0 Å². The van der Waals surface area contributed by atoms with Gasteiger partial charge in [0.15, 0.2) is 0 Å². The van der Waals surface area contributed by atoms with E-state index >= 15 is 0 Å². The lowest BCUT2D eigenvalue weighted by Gasteiger charge is -2.13. The van der Waals surface area contributed by atoms with Crippen LogP contribution in [0, 0.1) is 5.82 Å². The Labute approximate surface area is 112 Å². The van der Waals surface area contributed by atoms with Crippen LogP contribution >= 0.6 is 27.7 Å².